The van der Waals surface area contributed by atoms with Gasteiger partial charge < -0.3 is 4.90 Å². The Hall–Kier alpha value is -1.44. The molecule has 1 aromatic heterocycles. The monoisotopic (exact) mass is 400 g/mol. The van der Waals surface area contributed by atoms with Gasteiger partial charge in [0.2, 0.25) is 0 Å². The molecule has 0 spiro atoms. The van der Waals surface area contributed by atoms with E-state index >= 15 is 0 Å². The van der Waals surface area contributed by atoms with E-state index < -0.39 is 9.84 Å². The van der Waals surface area contributed by atoms with E-state index in [1.54, 1.807) is 12.1 Å². The van der Waals surface area contributed by atoms with Crippen molar-refractivity contribution < 1.29 is 17.7 Å². The largest absolute Gasteiger partial charge is 0.330 e. The zero-order chi connectivity index (χ0) is 19.1. The molecule has 1 fully saturated rings. The van der Waals surface area contributed by atoms with Crippen molar-refractivity contribution in [2.24, 2.45) is 0 Å². The third-order valence-corrected chi connectivity index (χ3v) is 7.15. The Kier molecular flexibility index (Phi) is 5.42. The highest BCUT2D eigenvalue weighted by Gasteiger charge is 2.31. The van der Waals surface area contributed by atoms with Gasteiger partial charge in [0.25, 0.3) is 0 Å². The minimum Gasteiger partial charge on any atom is -0.330 e. The van der Waals surface area contributed by atoms with Crippen LogP contribution in [0, 0.1) is 19.7 Å². The molecule has 2 aromatic rings. The third-order valence-electron chi connectivity index (χ3n) is 5.05. The molecule has 0 amide bonds. The predicted molar refractivity (Wildman–Crippen MR) is 99.7 cm³/mol. The summed E-state index contributed by atoms with van der Waals surface area (Å²) in [6.45, 7) is 5.05. The number of halogens is 2. The van der Waals surface area contributed by atoms with Gasteiger partial charge in [-0.05, 0) is 32.4 Å². The van der Waals surface area contributed by atoms with Crippen LogP contribution < -0.4 is 4.90 Å². The van der Waals surface area contributed by atoms with Gasteiger partial charge in [0.15, 0.2) is 9.84 Å². The third kappa shape index (κ3) is 3.94. The van der Waals surface area contributed by atoms with Crippen LogP contribution in [-0.4, -0.2) is 36.8 Å². The molecular weight excluding hydrogens is 377 g/mol. The van der Waals surface area contributed by atoms with Gasteiger partial charge in [-0.15, -0.1) is 0 Å². The number of rotatable bonds is 5. The lowest BCUT2D eigenvalue weighted by Crippen LogP contribution is -3.06. The van der Waals surface area contributed by atoms with Crippen molar-refractivity contribution in [3.63, 3.8) is 0 Å². The lowest BCUT2D eigenvalue weighted by Gasteiger charge is -2.16. The van der Waals surface area contributed by atoms with E-state index in [9.17, 15) is 12.8 Å². The molecule has 142 valence electrons. The first kappa shape index (κ1) is 19.3. The Bertz CT molecular complexity index is 907. The molecule has 1 aromatic carbocycles. The summed E-state index contributed by atoms with van der Waals surface area (Å²) in [5.41, 5.74) is 3.48. The first-order valence-corrected chi connectivity index (χ1v) is 10.9. The van der Waals surface area contributed by atoms with Gasteiger partial charge in [0, 0.05) is 5.69 Å². The Labute approximate surface area is 158 Å². The molecule has 5 nitrogen and oxygen atoms in total. The molecule has 1 N–H and O–H groups in total. The van der Waals surface area contributed by atoms with Crippen molar-refractivity contribution in [1.29, 1.82) is 0 Å². The highest BCUT2D eigenvalue weighted by Crippen LogP contribution is 2.26. The van der Waals surface area contributed by atoms with Crippen molar-refractivity contribution in [3.05, 3.63) is 51.6 Å². The molecule has 1 unspecified atom stereocenters. The topological polar surface area (TPSA) is 56.4 Å². The number of aryl methyl sites for hydroxylation is 1. The van der Waals surface area contributed by atoms with E-state index in [0.717, 1.165) is 21.9 Å². The molecule has 1 aliphatic heterocycles. The van der Waals surface area contributed by atoms with E-state index in [1.165, 1.54) is 6.07 Å². The summed E-state index contributed by atoms with van der Waals surface area (Å²) in [6, 6.07) is 4.63. The smallest absolute Gasteiger partial charge is 0.152 e. The lowest BCUT2D eigenvalue weighted by molar-refractivity contribution is -0.907. The van der Waals surface area contributed by atoms with Crippen molar-refractivity contribution in [2.75, 3.05) is 18.6 Å². The predicted octanol–water partition coefficient (Wildman–Crippen LogP) is 1.87. The summed E-state index contributed by atoms with van der Waals surface area (Å²) < 4.78 is 39.4. The summed E-state index contributed by atoms with van der Waals surface area (Å²) in [4.78, 5) is 1.08. The Morgan fingerprint density at radius 3 is 2.62 bits per heavy atom. The van der Waals surface area contributed by atoms with E-state index in [-0.39, 0.29) is 23.4 Å². The standard InChI is InChI=1S/C18H23ClFN3O2S/c1-12-15(9-22(3)10-16-17(19)5-4-6-18(16)20)13(2)23(21-12)14-7-8-26(24,25)11-14/h4-6,14H,7-11H2,1-3H3/p+1/t14-/m1/s1. The lowest BCUT2D eigenvalue weighted by atomic mass is 10.1. The Morgan fingerprint density at radius 1 is 1.31 bits per heavy atom. The van der Waals surface area contributed by atoms with Gasteiger partial charge in [-0.1, -0.05) is 17.7 Å². The van der Waals surface area contributed by atoms with Gasteiger partial charge in [-0.3, -0.25) is 4.68 Å². The second kappa shape index (κ2) is 7.29. The molecule has 3 rings (SSSR count). The fraction of sp³-hybridized carbons (Fsp3) is 0.500. The minimum atomic E-state index is -2.96. The molecule has 0 radical (unpaired) electrons. The van der Waals surface area contributed by atoms with Crippen LogP contribution in [-0.2, 0) is 22.9 Å². The minimum absolute atomic E-state index is 0.0891. The maximum atomic E-state index is 14.0. The number of nitrogens with one attached hydrogen (secondary N) is 1. The van der Waals surface area contributed by atoms with E-state index in [1.807, 2.05) is 25.6 Å². The van der Waals surface area contributed by atoms with Crippen LogP contribution in [0.3, 0.4) is 0 Å². The first-order chi connectivity index (χ1) is 12.2. The first-order valence-electron chi connectivity index (χ1n) is 8.67. The van der Waals surface area contributed by atoms with Crippen molar-refractivity contribution >= 4 is 21.4 Å². The number of hydrogen-bond donors (Lipinski definition) is 1. The number of sulfone groups is 1. The molecule has 0 bridgehead atoms. The molecule has 8 heteroatoms. The second-order valence-corrected chi connectivity index (χ2v) is 9.80. The van der Waals surface area contributed by atoms with Gasteiger partial charge in [0.1, 0.15) is 18.9 Å². The maximum Gasteiger partial charge on any atom is 0.152 e. The summed E-state index contributed by atoms with van der Waals surface area (Å²) in [5.74, 6) is 0.0849. The van der Waals surface area contributed by atoms with Gasteiger partial charge in [-0.2, -0.15) is 5.10 Å². The summed E-state index contributed by atoms with van der Waals surface area (Å²) >= 11 is 6.13. The van der Waals surface area contributed by atoms with Crippen LogP contribution in [0.15, 0.2) is 18.2 Å². The molecule has 0 aliphatic carbocycles. The van der Waals surface area contributed by atoms with Crippen LogP contribution in [0.5, 0.6) is 0 Å². The molecule has 2 atom stereocenters. The summed E-state index contributed by atoms with van der Waals surface area (Å²) in [5, 5.41) is 5.03. The second-order valence-electron chi connectivity index (χ2n) is 7.16. The van der Waals surface area contributed by atoms with Crippen LogP contribution in [0.4, 0.5) is 4.39 Å². The number of aromatic nitrogens is 2. The van der Waals surface area contributed by atoms with Gasteiger partial charge >= 0.3 is 0 Å². The molecule has 1 aliphatic rings. The Morgan fingerprint density at radius 2 is 2.00 bits per heavy atom. The normalized spacial score (nSPS) is 20.4. The van der Waals surface area contributed by atoms with Crippen molar-refractivity contribution in [3.8, 4) is 0 Å². The number of benzene rings is 1. The zero-order valence-electron chi connectivity index (χ0n) is 15.2. The fourth-order valence-electron chi connectivity index (χ4n) is 3.64. The number of hydrogen-bond acceptors (Lipinski definition) is 3. The Balaban J connectivity index is 1.78. The summed E-state index contributed by atoms with van der Waals surface area (Å²) in [6.07, 6.45) is 0.608. The highest BCUT2D eigenvalue weighted by molar-refractivity contribution is 7.91. The SMILES string of the molecule is Cc1nn([C@@H]2CCS(=O)(=O)C2)c(C)c1C[NH+](C)Cc1c(F)cccc1Cl. The highest BCUT2D eigenvalue weighted by atomic mass is 35.5. The van der Waals surface area contributed by atoms with Crippen LogP contribution in [0.25, 0.3) is 0 Å². The van der Waals surface area contributed by atoms with E-state index in [4.69, 9.17) is 11.6 Å². The average Bonchev–Trinajstić information content (AvgIpc) is 3.05. The molecule has 0 saturated carbocycles. The average molecular weight is 401 g/mol. The van der Waals surface area contributed by atoms with Crippen LogP contribution in [0.1, 0.15) is 35.0 Å². The van der Waals surface area contributed by atoms with Crippen molar-refractivity contribution in [1.82, 2.24) is 9.78 Å². The molecule has 2 heterocycles. The number of nitrogens with zero attached hydrogens (tertiary/aromatic N) is 2. The van der Waals surface area contributed by atoms with Gasteiger partial charge in [0.05, 0.1) is 46.4 Å². The maximum absolute atomic E-state index is 14.0. The van der Waals surface area contributed by atoms with E-state index in [2.05, 4.69) is 5.10 Å². The van der Waals surface area contributed by atoms with Crippen LogP contribution >= 0.6 is 11.6 Å². The molecule has 26 heavy (non-hydrogen) atoms. The summed E-state index contributed by atoms with van der Waals surface area (Å²) in [7, 11) is -0.974. The molecule has 1 saturated heterocycles. The zero-order valence-corrected chi connectivity index (χ0v) is 16.8. The fourth-order valence-corrected chi connectivity index (χ4v) is 5.57. The van der Waals surface area contributed by atoms with Crippen molar-refractivity contribution in [2.45, 2.75) is 39.4 Å². The van der Waals surface area contributed by atoms with Gasteiger partial charge in [-0.25, -0.2) is 12.8 Å². The quantitative estimate of drug-likeness (QED) is 0.833. The number of quaternary nitrogens is 1. The molecular formula is C18H24ClFN3O2S+. The van der Waals surface area contributed by atoms with Crippen LogP contribution in [0.2, 0.25) is 5.02 Å². The van der Waals surface area contributed by atoms with E-state index in [0.29, 0.717) is 30.1 Å².